The van der Waals surface area contributed by atoms with Crippen LogP contribution in [0.2, 0.25) is 0 Å². The van der Waals surface area contributed by atoms with Crippen LogP contribution in [0.4, 0.5) is 4.39 Å². The lowest BCUT2D eigenvalue weighted by molar-refractivity contribution is 0.0257. The van der Waals surface area contributed by atoms with E-state index in [2.05, 4.69) is 43.5 Å². The molecule has 5 rings (SSSR count). The smallest absolute Gasteiger partial charge is 0.123 e. The van der Waals surface area contributed by atoms with Crippen molar-refractivity contribution < 1.29 is 4.39 Å². The van der Waals surface area contributed by atoms with E-state index in [4.69, 9.17) is 5.10 Å². The summed E-state index contributed by atoms with van der Waals surface area (Å²) in [4.78, 5) is 0. The summed E-state index contributed by atoms with van der Waals surface area (Å²) in [6.07, 6.45) is 10.7. The van der Waals surface area contributed by atoms with Crippen LogP contribution in [0.3, 0.4) is 0 Å². The van der Waals surface area contributed by atoms with Crippen molar-refractivity contribution in [3.8, 4) is 5.69 Å². The quantitative estimate of drug-likeness (QED) is 0.523. The van der Waals surface area contributed by atoms with Crippen molar-refractivity contribution in [2.75, 3.05) is 0 Å². The first-order valence-corrected chi connectivity index (χ1v) is 11.0. The minimum Gasteiger partial charge on any atom is -0.238 e. The lowest BCUT2D eigenvalue weighted by atomic mass is 9.54. The first-order valence-electron chi connectivity index (χ1n) is 11.0. The van der Waals surface area contributed by atoms with E-state index in [1.807, 2.05) is 16.8 Å². The van der Waals surface area contributed by atoms with Crippen LogP contribution < -0.4 is 0 Å². The number of benzene rings is 2. The summed E-state index contributed by atoms with van der Waals surface area (Å²) in [6, 6.07) is 17.6. The first-order chi connectivity index (χ1) is 14.1. The summed E-state index contributed by atoms with van der Waals surface area (Å²) in [5.74, 6) is 1.28. The van der Waals surface area contributed by atoms with E-state index in [0.717, 1.165) is 24.4 Å². The second-order valence-electron chi connectivity index (χ2n) is 9.24. The molecule has 3 aromatic rings. The largest absolute Gasteiger partial charge is 0.238 e. The third-order valence-electron chi connectivity index (χ3n) is 7.63. The number of hydrogen-bond donors (Lipinski definition) is 0. The predicted octanol–water partition coefficient (Wildman–Crippen LogP) is 6.17. The molecule has 3 atom stereocenters. The molecule has 1 fully saturated rings. The van der Waals surface area contributed by atoms with Gasteiger partial charge in [0.05, 0.1) is 11.9 Å². The van der Waals surface area contributed by atoms with Gasteiger partial charge < -0.3 is 0 Å². The van der Waals surface area contributed by atoms with Crippen LogP contribution in [0.25, 0.3) is 5.69 Å². The van der Waals surface area contributed by atoms with Gasteiger partial charge in [0.15, 0.2) is 0 Å². The molecule has 0 spiro atoms. The molecule has 1 unspecified atom stereocenters. The summed E-state index contributed by atoms with van der Waals surface area (Å²) < 4.78 is 15.4. The third-order valence-corrected chi connectivity index (χ3v) is 7.63. The summed E-state index contributed by atoms with van der Waals surface area (Å²) in [5, 5.41) is 4.70. The van der Waals surface area contributed by atoms with E-state index in [-0.39, 0.29) is 5.82 Å². The maximum absolute atomic E-state index is 13.3. The zero-order valence-electron chi connectivity index (χ0n) is 17.2. The molecule has 0 bridgehead atoms. The summed E-state index contributed by atoms with van der Waals surface area (Å²) >= 11 is 0. The van der Waals surface area contributed by atoms with Crippen molar-refractivity contribution in [1.29, 1.82) is 0 Å². The molecule has 29 heavy (non-hydrogen) atoms. The average Bonchev–Trinajstić information content (AvgIpc) is 3.14. The fraction of sp³-hybridized carbons (Fsp3) is 0.423. The SMILES string of the molecule is C[C@]12Cc3cnn(-c4ccc(F)cc4)c3CC1CCC[C@@H]2CCc1ccccc1. The molecule has 3 heteroatoms. The van der Waals surface area contributed by atoms with Gasteiger partial charge in [0.25, 0.3) is 0 Å². The molecule has 0 N–H and O–H groups in total. The second-order valence-corrected chi connectivity index (χ2v) is 9.24. The predicted molar refractivity (Wildman–Crippen MR) is 115 cm³/mol. The lowest BCUT2D eigenvalue weighted by Gasteiger charge is -2.50. The Morgan fingerprint density at radius 3 is 2.66 bits per heavy atom. The Labute approximate surface area is 172 Å². The number of rotatable bonds is 4. The van der Waals surface area contributed by atoms with Crippen molar-refractivity contribution in [1.82, 2.24) is 9.78 Å². The molecular formula is C26H29FN2. The molecule has 0 aliphatic heterocycles. The van der Waals surface area contributed by atoms with E-state index < -0.39 is 0 Å². The molecule has 150 valence electrons. The fourth-order valence-electron chi connectivity index (χ4n) is 5.91. The molecule has 0 saturated heterocycles. The van der Waals surface area contributed by atoms with Crippen molar-refractivity contribution in [3.05, 3.63) is 83.4 Å². The van der Waals surface area contributed by atoms with Crippen LogP contribution in [0.1, 0.15) is 49.4 Å². The molecule has 2 aliphatic carbocycles. The molecule has 2 nitrogen and oxygen atoms in total. The van der Waals surface area contributed by atoms with Gasteiger partial charge in [0, 0.05) is 5.69 Å². The number of hydrogen-bond acceptors (Lipinski definition) is 1. The number of halogens is 1. The van der Waals surface area contributed by atoms with Crippen LogP contribution in [0.5, 0.6) is 0 Å². The molecule has 2 aromatic carbocycles. The Morgan fingerprint density at radius 2 is 1.86 bits per heavy atom. The zero-order valence-corrected chi connectivity index (χ0v) is 17.2. The van der Waals surface area contributed by atoms with Crippen molar-refractivity contribution >= 4 is 0 Å². The van der Waals surface area contributed by atoms with E-state index in [9.17, 15) is 4.39 Å². The first kappa shape index (κ1) is 18.6. The number of nitrogens with zero attached hydrogens (tertiary/aromatic N) is 2. The average molecular weight is 389 g/mol. The maximum atomic E-state index is 13.3. The van der Waals surface area contributed by atoms with Gasteiger partial charge in [-0.3, -0.25) is 0 Å². The van der Waals surface area contributed by atoms with E-state index in [0.29, 0.717) is 11.3 Å². The Bertz CT molecular complexity index is 976. The van der Waals surface area contributed by atoms with Crippen molar-refractivity contribution in [3.63, 3.8) is 0 Å². The third kappa shape index (κ3) is 3.41. The highest BCUT2D eigenvalue weighted by atomic mass is 19.1. The summed E-state index contributed by atoms with van der Waals surface area (Å²) in [7, 11) is 0. The topological polar surface area (TPSA) is 17.8 Å². The minimum absolute atomic E-state index is 0.198. The van der Waals surface area contributed by atoms with Gasteiger partial charge in [-0.1, -0.05) is 43.7 Å². The normalized spacial score (nSPS) is 26.0. The number of aryl methyl sites for hydroxylation is 1. The van der Waals surface area contributed by atoms with E-state index in [1.165, 1.54) is 61.1 Å². The lowest BCUT2D eigenvalue weighted by Crippen LogP contribution is -2.44. The molecular weight excluding hydrogens is 359 g/mol. The minimum atomic E-state index is -0.198. The molecule has 0 amide bonds. The molecule has 1 heterocycles. The Hall–Kier alpha value is -2.42. The van der Waals surface area contributed by atoms with Gasteiger partial charge in [-0.25, -0.2) is 9.07 Å². The molecule has 0 radical (unpaired) electrons. The highest BCUT2D eigenvalue weighted by molar-refractivity contribution is 5.37. The fourth-order valence-corrected chi connectivity index (χ4v) is 5.91. The van der Waals surface area contributed by atoms with Crippen LogP contribution >= 0.6 is 0 Å². The standard InChI is InChI=1S/C26H29FN2/c1-26-17-20-18-28-29(24-14-12-23(27)13-15-24)25(20)16-22(26)9-5-8-21(26)11-10-19-6-3-2-4-7-19/h2-4,6-7,12-15,18,21-22H,5,8-11,16-17H2,1H3/t21-,22?,26-/m1/s1. The van der Waals surface area contributed by atoms with Gasteiger partial charge in [-0.05, 0) is 91.2 Å². The Morgan fingerprint density at radius 1 is 1.07 bits per heavy atom. The zero-order chi connectivity index (χ0) is 19.8. The van der Waals surface area contributed by atoms with Crippen LogP contribution in [0.15, 0.2) is 60.8 Å². The van der Waals surface area contributed by atoms with Gasteiger partial charge in [0.1, 0.15) is 5.82 Å². The van der Waals surface area contributed by atoms with Gasteiger partial charge in [0.2, 0.25) is 0 Å². The maximum Gasteiger partial charge on any atom is 0.123 e. The van der Waals surface area contributed by atoms with Crippen molar-refractivity contribution in [2.45, 2.75) is 51.9 Å². The van der Waals surface area contributed by atoms with Gasteiger partial charge in [-0.15, -0.1) is 0 Å². The van der Waals surface area contributed by atoms with E-state index >= 15 is 0 Å². The molecule has 1 aromatic heterocycles. The molecule has 1 saturated carbocycles. The van der Waals surface area contributed by atoms with Gasteiger partial charge >= 0.3 is 0 Å². The monoisotopic (exact) mass is 388 g/mol. The second kappa shape index (κ2) is 7.44. The van der Waals surface area contributed by atoms with Gasteiger partial charge in [-0.2, -0.15) is 5.10 Å². The molecule has 2 aliphatic rings. The summed E-state index contributed by atoms with van der Waals surface area (Å²) in [6.45, 7) is 2.53. The van der Waals surface area contributed by atoms with Crippen LogP contribution in [-0.2, 0) is 19.3 Å². The van der Waals surface area contributed by atoms with Crippen molar-refractivity contribution in [2.24, 2.45) is 17.3 Å². The number of fused-ring (bicyclic) bond motifs is 2. The Kier molecular flexibility index (Phi) is 4.77. The highest BCUT2D eigenvalue weighted by Crippen LogP contribution is 2.53. The number of aromatic nitrogens is 2. The van der Waals surface area contributed by atoms with Crippen LogP contribution in [0, 0.1) is 23.1 Å². The van der Waals surface area contributed by atoms with E-state index in [1.54, 1.807) is 0 Å². The van der Waals surface area contributed by atoms with Crippen LogP contribution in [-0.4, -0.2) is 9.78 Å². The Balaban J connectivity index is 1.40. The summed E-state index contributed by atoms with van der Waals surface area (Å²) in [5.41, 5.74) is 5.51. The highest BCUT2D eigenvalue weighted by Gasteiger charge is 2.47.